The topological polar surface area (TPSA) is 92.5 Å². The predicted molar refractivity (Wildman–Crippen MR) is 188 cm³/mol. The van der Waals surface area contributed by atoms with Gasteiger partial charge in [0, 0.05) is 42.2 Å². The van der Waals surface area contributed by atoms with Crippen LogP contribution in [0.3, 0.4) is 0 Å². The van der Waals surface area contributed by atoms with Gasteiger partial charge in [-0.1, -0.05) is 84.0 Å². The maximum absolute atomic E-state index is 13.1. The molecule has 2 atom stereocenters. The van der Waals surface area contributed by atoms with Crippen molar-refractivity contribution in [1.29, 1.82) is 0 Å². The lowest BCUT2D eigenvalue weighted by Gasteiger charge is -2.39. The molecule has 0 aliphatic carbocycles. The molecule has 9 nitrogen and oxygen atoms in total. The first-order valence-electron chi connectivity index (χ1n) is 16.7. The Morgan fingerprint density at radius 1 is 0.898 bits per heavy atom. The summed E-state index contributed by atoms with van der Waals surface area (Å²) in [5, 5.41) is 6.29. The number of fused-ring (bicyclic) bond motifs is 1. The molecule has 5 aromatic rings. The lowest BCUT2D eigenvalue weighted by atomic mass is 9.87. The Labute approximate surface area is 287 Å². The van der Waals surface area contributed by atoms with E-state index >= 15 is 0 Å². The van der Waals surface area contributed by atoms with Gasteiger partial charge in [-0.2, -0.15) is 0 Å². The standard InChI is InChI=1S/C40H44N2O7/c1-40(2,3)48-39(43)42-21-20-34(29-16-18-32(19-17-29)46-27-33-24-36(41-49-33)30-11-6-5-7-12-30)37(25-42)47-26-31-15-14-28-10-8-9-13-35(28)38(31)45-23-22-44-4/h5-19,24,34,37H,20-23,25-27H2,1-4H3. The van der Waals surface area contributed by atoms with E-state index in [2.05, 4.69) is 41.6 Å². The first-order valence-corrected chi connectivity index (χ1v) is 16.7. The third-order valence-corrected chi connectivity index (χ3v) is 8.48. The molecule has 256 valence electrons. The number of carbonyl (C=O) groups is 1. The van der Waals surface area contributed by atoms with Crippen molar-refractivity contribution in [2.75, 3.05) is 33.4 Å². The minimum atomic E-state index is -0.589. The molecular formula is C40H44N2O7. The number of likely N-dealkylation sites (tertiary alicyclic amines) is 1. The molecule has 4 aromatic carbocycles. The lowest BCUT2D eigenvalue weighted by molar-refractivity contribution is -0.0364. The van der Waals surface area contributed by atoms with Crippen molar-refractivity contribution in [3.63, 3.8) is 0 Å². The van der Waals surface area contributed by atoms with E-state index in [-0.39, 0.29) is 24.7 Å². The van der Waals surface area contributed by atoms with Crippen molar-refractivity contribution in [3.8, 4) is 22.8 Å². The van der Waals surface area contributed by atoms with Crippen molar-refractivity contribution >= 4 is 16.9 Å². The Hall–Kier alpha value is -4.86. The molecule has 9 heteroatoms. The average Bonchev–Trinajstić information content (AvgIpc) is 3.59. The Morgan fingerprint density at radius 2 is 1.67 bits per heavy atom. The van der Waals surface area contributed by atoms with Crippen molar-refractivity contribution in [2.24, 2.45) is 0 Å². The molecule has 1 aliphatic heterocycles. The summed E-state index contributed by atoms with van der Waals surface area (Å²) in [4.78, 5) is 14.9. The summed E-state index contributed by atoms with van der Waals surface area (Å²) in [6.07, 6.45) is 0.108. The van der Waals surface area contributed by atoms with Crippen LogP contribution >= 0.6 is 0 Å². The molecule has 1 aromatic heterocycles. The zero-order chi connectivity index (χ0) is 34.2. The molecule has 49 heavy (non-hydrogen) atoms. The van der Waals surface area contributed by atoms with Gasteiger partial charge in [-0.15, -0.1) is 0 Å². The maximum Gasteiger partial charge on any atom is 0.410 e. The SMILES string of the molecule is COCCOc1c(COC2CN(C(=O)OC(C)(C)C)CCC2c2ccc(OCc3cc(-c4ccccc4)no3)cc2)ccc2ccccc12. The molecule has 0 radical (unpaired) electrons. The minimum absolute atomic E-state index is 0.0498. The number of piperidine rings is 1. The van der Waals surface area contributed by atoms with Gasteiger partial charge >= 0.3 is 6.09 Å². The average molecular weight is 665 g/mol. The second-order valence-corrected chi connectivity index (χ2v) is 13.2. The molecule has 1 amide bonds. The molecule has 6 rings (SSSR count). The third-order valence-electron chi connectivity index (χ3n) is 8.48. The van der Waals surface area contributed by atoms with E-state index in [4.69, 9.17) is 28.2 Å². The highest BCUT2D eigenvalue weighted by molar-refractivity contribution is 5.89. The molecule has 1 fully saturated rings. The van der Waals surface area contributed by atoms with Crippen LogP contribution in [-0.2, 0) is 27.4 Å². The van der Waals surface area contributed by atoms with Crippen molar-refractivity contribution in [2.45, 2.75) is 58.0 Å². The summed E-state index contributed by atoms with van der Waals surface area (Å²) in [5.74, 6) is 2.20. The number of methoxy groups -OCH3 is 1. The van der Waals surface area contributed by atoms with E-state index < -0.39 is 5.60 Å². The summed E-state index contributed by atoms with van der Waals surface area (Å²) in [6.45, 7) is 8.09. The van der Waals surface area contributed by atoms with Crippen LogP contribution < -0.4 is 9.47 Å². The number of aromatic nitrogens is 1. The van der Waals surface area contributed by atoms with E-state index in [1.165, 1.54) is 0 Å². The van der Waals surface area contributed by atoms with E-state index in [1.54, 1.807) is 12.0 Å². The fourth-order valence-corrected chi connectivity index (χ4v) is 6.05. The second-order valence-electron chi connectivity index (χ2n) is 13.2. The molecule has 2 heterocycles. The van der Waals surface area contributed by atoms with Gasteiger partial charge in [0.2, 0.25) is 0 Å². The lowest BCUT2D eigenvalue weighted by Crippen LogP contribution is -2.48. The maximum atomic E-state index is 13.1. The number of rotatable bonds is 12. The van der Waals surface area contributed by atoms with Crippen LogP contribution in [0.25, 0.3) is 22.0 Å². The number of amides is 1. The number of carbonyl (C=O) groups excluding carboxylic acids is 1. The van der Waals surface area contributed by atoms with Gasteiger partial charge in [0.15, 0.2) is 5.76 Å². The van der Waals surface area contributed by atoms with Crippen LogP contribution in [0, 0.1) is 0 Å². The summed E-state index contributed by atoms with van der Waals surface area (Å²) in [6, 6.07) is 32.2. The number of nitrogens with zero attached hydrogens (tertiary/aromatic N) is 2. The third kappa shape index (κ3) is 8.79. The molecule has 0 N–H and O–H groups in total. The van der Waals surface area contributed by atoms with Gasteiger partial charge in [-0.3, -0.25) is 0 Å². The minimum Gasteiger partial charge on any atom is -0.490 e. The van der Waals surface area contributed by atoms with Gasteiger partial charge in [0.1, 0.15) is 36.0 Å². The summed E-state index contributed by atoms with van der Waals surface area (Å²) in [5.41, 5.74) is 3.23. The molecule has 0 bridgehead atoms. The van der Waals surface area contributed by atoms with Crippen molar-refractivity contribution in [1.82, 2.24) is 10.1 Å². The fraction of sp³-hybridized carbons (Fsp3) is 0.350. The molecule has 1 saturated heterocycles. The number of hydrogen-bond donors (Lipinski definition) is 0. The first kappa shape index (κ1) is 34.0. The molecule has 0 saturated carbocycles. The van der Waals surface area contributed by atoms with Crippen LogP contribution in [0.4, 0.5) is 4.79 Å². The van der Waals surface area contributed by atoms with Gasteiger partial charge in [-0.25, -0.2) is 4.79 Å². The molecular weight excluding hydrogens is 620 g/mol. The highest BCUT2D eigenvalue weighted by Gasteiger charge is 2.35. The summed E-state index contributed by atoms with van der Waals surface area (Å²) in [7, 11) is 1.66. The van der Waals surface area contributed by atoms with E-state index in [1.807, 2.05) is 81.4 Å². The van der Waals surface area contributed by atoms with E-state index in [0.29, 0.717) is 38.7 Å². The van der Waals surface area contributed by atoms with Gasteiger partial charge in [-0.05, 0) is 50.3 Å². The normalized spacial score (nSPS) is 16.4. The van der Waals surface area contributed by atoms with Crippen molar-refractivity contribution in [3.05, 3.63) is 114 Å². The fourth-order valence-electron chi connectivity index (χ4n) is 6.05. The van der Waals surface area contributed by atoms with Crippen molar-refractivity contribution < 1.29 is 33.0 Å². The zero-order valence-electron chi connectivity index (χ0n) is 28.6. The Morgan fingerprint density at radius 3 is 2.45 bits per heavy atom. The van der Waals surface area contributed by atoms with Gasteiger partial charge < -0.3 is 33.1 Å². The monoisotopic (exact) mass is 664 g/mol. The molecule has 1 aliphatic rings. The van der Waals surface area contributed by atoms with Gasteiger partial charge in [0.25, 0.3) is 0 Å². The summed E-state index contributed by atoms with van der Waals surface area (Å²) >= 11 is 0. The second kappa shape index (κ2) is 15.6. The number of hydrogen-bond acceptors (Lipinski definition) is 8. The van der Waals surface area contributed by atoms with E-state index in [0.717, 1.165) is 51.1 Å². The smallest absolute Gasteiger partial charge is 0.410 e. The van der Waals surface area contributed by atoms with Crippen LogP contribution in [0.15, 0.2) is 102 Å². The van der Waals surface area contributed by atoms with Crippen LogP contribution in [0.5, 0.6) is 11.5 Å². The Kier molecular flexibility index (Phi) is 10.8. The quantitative estimate of drug-likeness (QED) is 0.123. The highest BCUT2D eigenvalue weighted by Crippen LogP contribution is 2.35. The van der Waals surface area contributed by atoms with E-state index in [9.17, 15) is 4.79 Å². The molecule has 2 unspecified atom stereocenters. The molecule has 0 spiro atoms. The van der Waals surface area contributed by atoms with Gasteiger partial charge in [0.05, 0.1) is 25.9 Å². The predicted octanol–water partition coefficient (Wildman–Crippen LogP) is 8.41. The van der Waals surface area contributed by atoms with Crippen LogP contribution in [0.2, 0.25) is 0 Å². The van der Waals surface area contributed by atoms with Crippen LogP contribution in [0.1, 0.15) is 50.0 Å². The van der Waals surface area contributed by atoms with Crippen LogP contribution in [-0.4, -0.2) is 61.3 Å². The number of benzene rings is 4. The Bertz CT molecular complexity index is 1810. The number of ether oxygens (including phenoxy) is 5. The highest BCUT2D eigenvalue weighted by atomic mass is 16.6. The largest absolute Gasteiger partial charge is 0.490 e. The zero-order valence-corrected chi connectivity index (χ0v) is 28.6. The summed E-state index contributed by atoms with van der Waals surface area (Å²) < 4.78 is 35.5. The first-order chi connectivity index (χ1) is 23.8. The Balaban J connectivity index is 1.17.